The lowest BCUT2D eigenvalue weighted by Gasteiger charge is -2.26. The summed E-state index contributed by atoms with van der Waals surface area (Å²) in [6.45, 7) is 6.34. The van der Waals surface area contributed by atoms with Crippen LogP contribution in [0.4, 0.5) is 0 Å². The Hall–Kier alpha value is -1.31. The van der Waals surface area contributed by atoms with Gasteiger partial charge in [0.25, 0.3) is 0 Å². The van der Waals surface area contributed by atoms with Gasteiger partial charge in [0, 0.05) is 13.1 Å². The van der Waals surface area contributed by atoms with E-state index in [1.54, 1.807) is 0 Å². The molecule has 1 amide bonds. The van der Waals surface area contributed by atoms with Crippen molar-refractivity contribution in [2.45, 2.75) is 51.9 Å². The van der Waals surface area contributed by atoms with Crippen LogP contribution in [-0.4, -0.2) is 23.9 Å². The Balaban J connectivity index is 2.10. The van der Waals surface area contributed by atoms with Gasteiger partial charge in [-0.15, -0.1) is 0 Å². The molecule has 0 N–H and O–H groups in total. The van der Waals surface area contributed by atoms with Gasteiger partial charge >= 0.3 is 0 Å². The lowest BCUT2D eigenvalue weighted by Crippen LogP contribution is -2.36. The Morgan fingerprint density at radius 3 is 2.70 bits per heavy atom. The number of carbonyl (C=O) groups is 1. The van der Waals surface area contributed by atoms with Gasteiger partial charge in [0.1, 0.15) is 0 Å². The van der Waals surface area contributed by atoms with E-state index < -0.39 is 0 Å². The molecule has 2 rings (SSSR count). The molecule has 0 spiro atoms. The summed E-state index contributed by atoms with van der Waals surface area (Å²) in [6.07, 6.45) is 5.57. The third-order valence-corrected chi connectivity index (χ3v) is 4.41. The lowest BCUT2D eigenvalue weighted by atomic mass is 9.93. The molecule has 1 saturated heterocycles. The molecule has 2 heteroatoms. The predicted octanol–water partition coefficient (Wildman–Crippen LogP) is 4.22. The topological polar surface area (TPSA) is 20.3 Å². The molecule has 1 aliphatic rings. The summed E-state index contributed by atoms with van der Waals surface area (Å²) in [5, 5.41) is 0. The minimum absolute atomic E-state index is 0.0506. The van der Waals surface area contributed by atoms with Crippen molar-refractivity contribution in [1.29, 1.82) is 0 Å². The number of nitrogens with zero attached hydrogens (tertiary/aromatic N) is 1. The van der Waals surface area contributed by atoms with Gasteiger partial charge in [-0.2, -0.15) is 0 Å². The molecule has 2 atom stereocenters. The lowest BCUT2D eigenvalue weighted by molar-refractivity contribution is -0.133. The van der Waals surface area contributed by atoms with E-state index in [9.17, 15) is 4.79 Å². The van der Waals surface area contributed by atoms with Crippen molar-refractivity contribution in [3.63, 3.8) is 0 Å². The number of likely N-dealkylation sites (tertiary alicyclic amines) is 1. The van der Waals surface area contributed by atoms with Crippen LogP contribution in [0.15, 0.2) is 30.3 Å². The number of rotatable bonds is 4. The minimum atomic E-state index is 0.0506. The van der Waals surface area contributed by atoms with Gasteiger partial charge in [-0.05, 0) is 37.2 Å². The van der Waals surface area contributed by atoms with Crippen molar-refractivity contribution >= 4 is 5.91 Å². The summed E-state index contributed by atoms with van der Waals surface area (Å²) in [7, 11) is 0. The zero-order chi connectivity index (χ0) is 14.4. The van der Waals surface area contributed by atoms with E-state index in [4.69, 9.17) is 0 Å². The van der Waals surface area contributed by atoms with Gasteiger partial charge < -0.3 is 4.90 Å². The number of hydrogen-bond acceptors (Lipinski definition) is 1. The van der Waals surface area contributed by atoms with Gasteiger partial charge in [-0.1, -0.05) is 50.6 Å². The molecular weight excluding hydrogens is 246 g/mol. The third kappa shape index (κ3) is 3.84. The summed E-state index contributed by atoms with van der Waals surface area (Å²) in [4.78, 5) is 15.0. The van der Waals surface area contributed by atoms with E-state index in [0.29, 0.717) is 5.91 Å². The first-order valence-corrected chi connectivity index (χ1v) is 8.06. The second kappa shape index (κ2) is 7.47. The molecule has 1 fully saturated rings. The van der Waals surface area contributed by atoms with Crippen molar-refractivity contribution in [2.75, 3.05) is 13.1 Å². The zero-order valence-corrected chi connectivity index (χ0v) is 12.8. The van der Waals surface area contributed by atoms with E-state index >= 15 is 0 Å². The standard InChI is InChI=1S/C18H27NO/c1-3-8-17(16-10-5-4-6-11-16)18(20)19-13-7-9-15(2)12-14-19/h4-6,10-11,15,17H,3,7-9,12-14H2,1-2H3. The molecule has 2 nitrogen and oxygen atoms in total. The van der Waals surface area contributed by atoms with Crippen molar-refractivity contribution in [3.8, 4) is 0 Å². The highest BCUT2D eigenvalue weighted by atomic mass is 16.2. The van der Waals surface area contributed by atoms with Crippen LogP contribution in [0.1, 0.15) is 57.4 Å². The minimum Gasteiger partial charge on any atom is -0.342 e. The Bertz CT molecular complexity index is 415. The molecule has 0 aromatic heterocycles. The Morgan fingerprint density at radius 1 is 1.25 bits per heavy atom. The molecule has 0 aliphatic carbocycles. The van der Waals surface area contributed by atoms with Gasteiger partial charge in [0.2, 0.25) is 5.91 Å². The van der Waals surface area contributed by atoms with E-state index in [-0.39, 0.29) is 5.92 Å². The number of benzene rings is 1. The van der Waals surface area contributed by atoms with Crippen LogP contribution < -0.4 is 0 Å². The van der Waals surface area contributed by atoms with Crippen molar-refractivity contribution in [3.05, 3.63) is 35.9 Å². The normalized spacial score (nSPS) is 21.3. The molecule has 2 unspecified atom stereocenters. The van der Waals surface area contributed by atoms with Crippen molar-refractivity contribution in [2.24, 2.45) is 5.92 Å². The van der Waals surface area contributed by atoms with Crippen LogP contribution in [-0.2, 0) is 4.79 Å². The highest BCUT2D eigenvalue weighted by Crippen LogP contribution is 2.26. The maximum absolute atomic E-state index is 12.9. The van der Waals surface area contributed by atoms with Crippen molar-refractivity contribution in [1.82, 2.24) is 4.90 Å². The van der Waals surface area contributed by atoms with Crippen LogP contribution in [0.25, 0.3) is 0 Å². The molecule has 1 aliphatic heterocycles. The first-order chi connectivity index (χ1) is 9.72. The SMILES string of the molecule is CCCC(C(=O)N1CCCC(C)CC1)c1ccccc1. The second-order valence-electron chi connectivity index (χ2n) is 6.11. The summed E-state index contributed by atoms with van der Waals surface area (Å²) in [5.41, 5.74) is 1.18. The highest BCUT2D eigenvalue weighted by molar-refractivity contribution is 5.83. The molecule has 0 saturated carbocycles. The highest BCUT2D eigenvalue weighted by Gasteiger charge is 2.26. The summed E-state index contributed by atoms with van der Waals surface area (Å²) < 4.78 is 0. The van der Waals surface area contributed by atoms with E-state index in [0.717, 1.165) is 44.7 Å². The zero-order valence-electron chi connectivity index (χ0n) is 12.8. The predicted molar refractivity (Wildman–Crippen MR) is 83.7 cm³/mol. The number of carbonyl (C=O) groups excluding carboxylic acids is 1. The maximum atomic E-state index is 12.9. The van der Waals surface area contributed by atoms with Crippen LogP contribution in [0.5, 0.6) is 0 Å². The quantitative estimate of drug-likeness (QED) is 0.804. The summed E-state index contributed by atoms with van der Waals surface area (Å²) in [5.74, 6) is 1.15. The summed E-state index contributed by atoms with van der Waals surface area (Å²) in [6, 6.07) is 10.3. The Labute approximate surface area is 123 Å². The van der Waals surface area contributed by atoms with Crippen molar-refractivity contribution < 1.29 is 4.79 Å². The van der Waals surface area contributed by atoms with E-state index in [2.05, 4.69) is 30.9 Å². The average molecular weight is 273 g/mol. The molecule has 1 aromatic carbocycles. The largest absolute Gasteiger partial charge is 0.342 e. The summed E-state index contributed by atoms with van der Waals surface area (Å²) >= 11 is 0. The smallest absolute Gasteiger partial charge is 0.230 e. The fourth-order valence-corrected chi connectivity index (χ4v) is 3.11. The monoisotopic (exact) mass is 273 g/mol. The van der Waals surface area contributed by atoms with Gasteiger partial charge in [-0.25, -0.2) is 0 Å². The molecule has 1 heterocycles. The second-order valence-corrected chi connectivity index (χ2v) is 6.11. The van der Waals surface area contributed by atoms with Crippen LogP contribution >= 0.6 is 0 Å². The molecule has 0 radical (unpaired) electrons. The van der Waals surface area contributed by atoms with Gasteiger partial charge in [0.15, 0.2) is 0 Å². The van der Waals surface area contributed by atoms with Crippen LogP contribution in [0, 0.1) is 5.92 Å². The number of amides is 1. The Kier molecular flexibility index (Phi) is 5.63. The molecular formula is C18H27NO. The van der Waals surface area contributed by atoms with Gasteiger partial charge in [-0.3, -0.25) is 4.79 Å². The van der Waals surface area contributed by atoms with Crippen LogP contribution in [0.3, 0.4) is 0 Å². The maximum Gasteiger partial charge on any atom is 0.230 e. The molecule has 1 aromatic rings. The molecule has 0 bridgehead atoms. The fourth-order valence-electron chi connectivity index (χ4n) is 3.11. The average Bonchev–Trinajstić information content (AvgIpc) is 2.70. The van der Waals surface area contributed by atoms with Crippen LogP contribution in [0.2, 0.25) is 0 Å². The molecule has 110 valence electrons. The number of hydrogen-bond donors (Lipinski definition) is 0. The Morgan fingerprint density at radius 2 is 2.00 bits per heavy atom. The van der Waals surface area contributed by atoms with E-state index in [1.165, 1.54) is 12.0 Å². The third-order valence-electron chi connectivity index (χ3n) is 4.41. The van der Waals surface area contributed by atoms with E-state index in [1.807, 2.05) is 18.2 Å². The molecule has 20 heavy (non-hydrogen) atoms. The fraction of sp³-hybridized carbons (Fsp3) is 0.611. The first kappa shape index (κ1) is 15.1. The van der Waals surface area contributed by atoms with Gasteiger partial charge in [0.05, 0.1) is 5.92 Å². The first-order valence-electron chi connectivity index (χ1n) is 8.06.